The minimum atomic E-state index is -1.08. The Morgan fingerprint density at radius 3 is 2.20 bits per heavy atom. The van der Waals surface area contributed by atoms with E-state index in [4.69, 9.17) is 4.74 Å². The number of aromatic nitrogens is 1. The van der Waals surface area contributed by atoms with Crippen LogP contribution in [0, 0.1) is 5.92 Å². The Balaban J connectivity index is 1.00. The fraction of sp³-hybridized carbons (Fsp3) is 0.405. The second-order valence-corrected chi connectivity index (χ2v) is 15.7. The highest BCUT2D eigenvalue weighted by atomic mass is 32.1. The van der Waals surface area contributed by atoms with Gasteiger partial charge in [-0.25, -0.2) is 4.79 Å². The normalized spacial score (nSPS) is 16.3. The van der Waals surface area contributed by atoms with Gasteiger partial charge in [-0.05, 0) is 72.3 Å². The number of fused-ring (bicyclic) bond motifs is 1. The topological polar surface area (TPSA) is 194 Å². The van der Waals surface area contributed by atoms with Crippen molar-refractivity contribution in [3.63, 3.8) is 0 Å². The molecule has 59 heavy (non-hydrogen) atoms. The lowest BCUT2D eigenvalue weighted by atomic mass is 10.0. The minimum absolute atomic E-state index is 0.0979. The highest BCUT2D eigenvalue weighted by Crippen LogP contribution is 2.30. The van der Waals surface area contributed by atoms with Crippen LogP contribution < -0.4 is 36.2 Å². The Labute approximate surface area is 347 Å². The van der Waals surface area contributed by atoms with Crippen molar-refractivity contribution >= 4 is 68.7 Å². The molecule has 3 atom stereocenters. The number of nitrogens with one attached hydrogen (secondary N) is 5. The molecule has 0 saturated carbocycles. The molecule has 0 aliphatic carbocycles. The van der Waals surface area contributed by atoms with E-state index in [2.05, 4.69) is 41.9 Å². The maximum atomic E-state index is 14.0. The number of carbonyl (C=O) groups is 6. The molecule has 312 valence electrons. The van der Waals surface area contributed by atoms with Gasteiger partial charge < -0.3 is 46.0 Å². The van der Waals surface area contributed by atoms with Crippen LogP contribution in [0.1, 0.15) is 32.3 Å². The molecular formula is C42H51N9O7S. The van der Waals surface area contributed by atoms with Gasteiger partial charge in [-0.15, -0.1) is 0 Å². The van der Waals surface area contributed by atoms with Gasteiger partial charge in [-0.1, -0.05) is 56.3 Å². The van der Waals surface area contributed by atoms with Gasteiger partial charge >= 0.3 is 6.03 Å². The average molecular weight is 826 g/mol. The van der Waals surface area contributed by atoms with E-state index in [1.165, 1.54) is 18.6 Å². The molecule has 0 spiro atoms. The molecule has 17 heteroatoms. The van der Waals surface area contributed by atoms with Gasteiger partial charge in [0.1, 0.15) is 29.7 Å². The Bertz CT molecular complexity index is 2110. The standard InChI is InChI=1S/C42H51N9O7S/c1-27(2)37(41(56)51-19-9-13-33(51)40(55)50-22-20-49(21-23-50)38-31-12-7-8-14-34(31)59-48-38)47-36(53)25-43-39(54)32(24-28-10-5-4-6-11-28)46-35(52)26-44-42(57)45-29-15-17-30(58-3)18-16-29/h4-8,10-12,14-18,27,32-33,37H,9,13,19-26H2,1-3H3,(H,43,54)(H,46,52)(H,47,53)(H2,44,45,57)/t32-,33-,37-/m0/s1. The van der Waals surface area contributed by atoms with Crippen molar-refractivity contribution in [3.05, 3.63) is 84.4 Å². The second kappa shape index (κ2) is 20.0. The Hall–Kier alpha value is -6.23. The summed E-state index contributed by atoms with van der Waals surface area (Å²) in [6, 6.07) is 20.5. The summed E-state index contributed by atoms with van der Waals surface area (Å²) in [5.41, 5.74) is 1.25. The molecule has 4 aromatic rings. The summed E-state index contributed by atoms with van der Waals surface area (Å²) in [4.78, 5) is 85.6. The van der Waals surface area contributed by atoms with E-state index >= 15 is 0 Å². The van der Waals surface area contributed by atoms with Crippen LogP contribution in [-0.4, -0.2) is 121 Å². The number of piperazine rings is 1. The van der Waals surface area contributed by atoms with E-state index in [0.29, 0.717) is 57.0 Å². The zero-order valence-electron chi connectivity index (χ0n) is 33.4. The number of nitrogens with zero attached hydrogens (tertiary/aromatic N) is 4. The number of carbonyl (C=O) groups excluding carboxylic acids is 6. The third-order valence-corrected chi connectivity index (χ3v) is 11.3. The molecule has 0 unspecified atom stereocenters. The van der Waals surface area contributed by atoms with Gasteiger partial charge in [0.2, 0.25) is 29.5 Å². The predicted molar refractivity (Wildman–Crippen MR) is 225 cm³/mol. The van der Waals surface area contributed by atoms with Crippen LogP contribution in [0.25, 0.3) is 10.1 Å². The number of methoxy groups -OCH3 is 1. The van der Waals surface area contributed by atoms with Crippen LogP contribution >= 0.6 is 11.5 Å². The summed E-state index contributed by atoms with van der Waals surface area (Å²) in [5, 5.41) is 14.2. The van der Waals surface area contributed by atoms with Crippen LogP contribution in [0.4, 0.5) is 16.3 Å². The number of hydrogen-bond acceptors (Lipinski definition) is 10. The zero-order chi connectivity index (χ0) is 41.9. The summed E-state index contributed by atoms with van der Waals surface area (Å²) in [7, 11) is 1.53. The molecule has 1 aromatic heterocycles. The summed E-state index contributed by atoms with van der Waals surface area (Å²) in [6.07, 6.45) is 1.32. The summed E-state index contributed by atoms with van der Waals surface area (Å²) in [5.74, 6) is -1.05. The maximum absolute atomic E-state index is 14.0. The molecule has 0 radical (unpaired) electrons. The summed E-state index contributed by atoms with van der Waals surface area (Å²) < 4.78 is 10.9. The molecule has 3 aromatic carbocycles. The van der Waals surface area contributed by atoms with Crippen molar-refractivity contribution in [2.45, 2.75) is 51.2 Å². The Morgan fingerprint density at radius 2 is 1.49 bits per heavy atom. The van der Waals surface area contributed by atoms with Crippen molar-refractivity contribution in [2.24, 2.45) is 5.92 Å². The zero-order valence-corrected chi connectivity index (χ0v) is 34.3. The number of likely N-dealkylation sites (tertiary alicyclic amines) is 1. The predicted octanol–water partition coefficient (Wildman–Crippen LogP) is 2.75. The first-order valence-corrected chi connectivity index (χ1v) is 20.6. The molecule has 3 heterocycles. The smallest absolute Gasteiger partial charge is 0.319 e. The highest BCUT2D eigenvalue weighted by Gasteiger charge is 2.41. The number of benzene rings is 3. The van der Waals surface area contributed by atoms with Crippen molar-refractivity contribution in [1.82, 2.24) is 35.4 Å². The fourth-order valence-electron chi connectivity index (χ4n) is 7.26. The third kappa shape index (κ3) is 11.0. The molecule has 2 saturated heterocycles. The average Bonchev–Trinajstić information content (AvgIpc) is 3.92. The molecule has 7 amide bonds. The molecule has 16 nitrogen and oxygen atoms in total. The number of hydrogen-bond donors (Lipinski definition) is 5. The van der Waals surface area contributed by atoms with Crippen LogP contribution in [0.15, 0.2) is 78.9 Å². The molecule has 6 rings (SSSR count). The lowest BCUT2D eigenvalue weighted by Gasteiger charge is -2.38. The number of anilines is 2. The number of rotatable bonds is 15. The van der Waals surface area contributed by atoms with E-state index < -0.39 is 55.0 Å². The van der Waals surface area contributed by atoms with Crippen LogP contribution in [0.2, 0.25) is 0 Å². The van der Waals surface area contributed by atoms with Crippen molar-refractivity contribution in [1.29, 1.82) is 0 Å². The third-order valence-electron chi connectivity index (χ3n) is 10.4. The van der Waals surface area contributed by atoms with Gasteiger partial charge in [-0.2, -0.15) is 4.37 Å². The summed E-state index contributed by atoms with van der Waals surface area (Å²) in [6.45, 7) is 5.43. The first-order chi connectivity index (χ1) is 28.5. The lowest BCUT2D eigenvalue weighted by Crippen LogP contribution is -2.58. The number of ether oxygens (including phenoxy) is 1. The highest BCUT2D eigenvalue weighted by molar-refractivity contribution is 7.13. The molecular weight excluding hydrogens is 775 g/mol. The largest absolute Gasteiger partial charge is 0.497 e. The van der Waals surface area contributed by atoms with Gasteiger partial charge in [0.25, 0.3) is 0 Å². The Kier molecular flexibility index (Phi) is 14.3. The lowest BCUT2D eigenvalue weighted by molar-refractivity contribution is -0.146. The number of amides is 7. The van der Waals surface area contributed by atoms with Gasteiger partial charge in [0.15, 0.2) is 0 Å². The molecule has 5 N–H and O–H groups in total. The van der Waals surface area contributed by atoms with Crippen LogP contribution in [0.5, 0.6) is 5.75 Å². The van der Waals surface area contributed by atoms with Crippen LogP contribution in [-0.2, 0) is 30.4 Å². The first-order valence-electron chi connectivity index (χ1n) is 19.8. The second-order valence-electron chi connectivity index (χ2n) is 14.9. The summed E-state index contributed by atoms with van der Waals surface area (Å²) >= 11 is 1.46. The van der Waals surface area contributed by atoms with E-state index in [-0.39, 0.29) is 24.2 Å². The SMILES string of the molecule is COc1ccc(NC(=O)NCC(=O)N[C@@H](Cc2ccccc2)C(=O)NCC(=O)N[C@H](C(=O)N2CCC[C@H]2C(=O)N2CCN(c3nsc4ccccc34)CC2)C(C)C)cc1. The molecule has 0 bridgehead atoms. The fourth-order valence-corrected chi connectivity index (χ4v) is 8.05. The Morgan fingerprint density at radius 1 is 0.814 bits per heavy atom. The monoisotopic (exact) mass is 825 g/mol. The number of urea groups is 1. The minimum Gasteiger partial charge on any atom is -0.497 e. The first kappa shape index (κ1) is 42.4. The van der Waals surface area contributed by atoms with E-state index in [9.17, 15) is 28.8 Å². The van der Waals surface area contributed by atoms with Gasteiger partial charge in [-0.3, -0.25) is 24.0 Å². The van der Waals surface area contributed by atoms with E-state index in [1.54, 1.807) is 53.4 Å². The van der Waals surface area contributed by atoms with Gasteiger partial charge in [0, 0.05) is 50.2 Å². The van der Waals surface area contributed by atoms with E-state index in [1.807, 2.05) is 43.0 Å². The van der Waals surface area contributed by atoms with E-state index in [0.717, 1.165) is 21.5 Å². The van der Waals surface area contributed by atoms with Crippen molar-refractivity contribution < 1.29 is 33.5 Å². The van der Waals surface area contributed by atoms with Crippen molar-refractivity contribution in [3.8, 4) is 5.75 Å². The van der Waals surface area contributed by atoms with Gasteiger partial charge in [0.05, 0.1) is 24.9 Å². The molecule has 2 fully saturated rings. The van der Waals surface area contributed by atoms with Crippen molar-refractivity contribution in [2.75, 3.05) is 63.1 Å². The molecule has 2 aliphatic rings. The quantitative estimate of drug-likeness (QED) is 0.120. The molecule has 2 aliphatic heterocycles. The van der Waals surface area contributed by atoms with Crippen LogP contribution in [0.3, 0.4) is 0 Å². The maximum Gasteiger partial charge on any atom is 0.319 e.